The van der Waals surface area contributed by atoms with Crippen LogP contribution in [0.3, 0.4) is 0 Å². The molecule has 5 nitrogen and oxygen atoms in total. The average Bonchev–Trinajstić information content (AvgIpc) is 3.51. The fraction of sp³-hybridized carbons (Fsp3) is 0.294. The summed E-state index contributed by atoms with van der Waals surface area (Å²) < 4.78 is 5.31. The van der Waals surface area contributed by atoms with Crippen LogP contribution in [0.15, 0.2) is 91.0 Å². The molecule has 1 unspecified atom stereocenters. The van der Waals surface area contributed by atoms with Crippen molar-refractivity contribution in [2.24, 2.45) is 11.8 Å². The predicted octanol–water partition coefficient (Wildman–Crippen LogP) is 6.57. The van der Waals surface area contributed by atoms with E-state index >= 15 is 0 Å². The standard InChI is InChI=1S/C34H32N2O3/c1-39-26-15-13-25(14-16-26)36-33(37)30-28-19-23(22-10-6-3-7-11-22)12-17-27(28)32-29(31(30)34(36)38)20-24(35-32)18-21-8-4-2-5-9-21/h2-11,13-16,20,23,27-28,30-31,35H,12,17-19H2,1H3/t23?,27-,28-,30-,31+/m0/s1. The van der Waals surface area contributed by atoms with Gasteiger partial charge in [-0.3, -0.25) is 9.59 Å². The monoisotopic (exact) mass is 516 g/mol. The van der Waals surface area contributed by atoms with Crippen LogP contribution < -0.4 is 9.64 Å². The molecule has 1 saturated carbocycles. The van der Waals surface area contributed by atoms with E-state index in [0.717, 1.165) is 36.9 Å². The average molecular weight is 517 g/mol. The molecule has 0 bridgehead atoms. The zero-order valence-electron chi connectivity index (χ0n) is 22.0. The van der Waals surface area contributed by atoms with Crippen LogP contribution in [0.2, 0.25) is 0 Å². The Morgan fingerprint density at radius 1 is 0.872 bits per heavy atom. The first kappa shape index (κ1) is 24.0. The summed E-state index contributed by atoms with van der Waals surface area (Å²) in [5.74, 6) is 0.494. The number of aromatic amines is 1. The number of nitrogens with one attached hydrogen (secondary N) is 1. The van der Waals surface area contributed by atoms with Crippen molar-refractivity contribution >= 4 is 17.5 Å². The lowest BCUT2D eigenvalue weighted by molar-refractivity contribution is -0.123. The molecule has 1 aliphatic heterocycles. The van der Waals surface area contributed by atoms with E-state index in [4.69, 9.17) is 4.74 Å². The third kappa shape index (κ3) is 3.99. The van der Waals surface area contributed by atoms with Gasteiger partial charge in [0.25, 0.3) is 0 Å². The molecule has 3 aliphatic rings. The van der Waals surface area contributed by atoms with E-state index in [1.807, 2.05) is 30.3 Å². The van der Waals surface area contributed by atoms with Crippen LogP contribution in [0.25, 0.3) is 0 Å². The molecule has 39 heavy (non-hydrogen) atoms. The molecule has 2 amide bonds. The number of anilines is 1. The predicted molar refractivity (Wildman–Crippen MR) is 151 cm³/mol. The molecule has 2 heterocycles. The second-order valence-corrected chi connectivity index (χ2v) is 11.2. The quantitative estimate of drug-likeness (QED) is 0.305. The number of fused-ring (bicyclic) bond motifs is 6. The van der Waals surface area contributed by atoms with Crippen molar-refractivity contribution < 1.29 is 14.3 Å². The molecule has 2 aliphatic carbocycles. The summed E-state index contributed by atoms with van der Waals surface area (Å²) in [4.78, 5) is 33.5. The highest BCUT2D eigenvalue weighted by atomic mass is 16.5. The van der Waals surface area contributed by atoms with Crippen LogP contribution in [0.4, 0.5) is 5.69 Å². The summed E-state index contributed by atoms with van der Waals surface area (Å²) in [6.45, 7) is 0. The summed E-state index contributed by atoms with van der Waals surface area (Å²) >= 11 is 0. The first-order valence-electron chi connectivity index (χ1n) is 13.9. The van der Waals surface area contributed by atoms with Gasteiger partial charge in [-0.05, 0) is 78.1 Å². The summed E-state index contributed by atoms with van der Waals surface area (Å²) in [5.41, 5.74) is 6.49. The fourth-order valence-corrected chi connectivity index (χ4v) is 7.45. The number of methoxy groups -OCH3 is 1. The second kappa shape index (κ2) is 9.57. The van der Waals surface area contributed by atoms with E-state index in [2.05, 4.69) is 65.6 Å². The minimum atomic E-state index is -0.453. The third-order valence-corrected chi connectivity index (χ3v) is 9.19. The Hall–Kier alpha value is -4.12. The second-order valence-electron chi connectivity index (χ2n) is 11.2. The Bertz CT molecular complexity index is 1510. The van der Waals surface area contributed by atoms with E-state index in [-0.39, 0.29) is 29.6 Å². The maximum absolute atomic E-state index is 14.2. The van der Waals surface area contributed by atoms with Gasteiger partial charge in [0.1, 0.15) is 5.75 Å². The van der Waals surface area contributed by atoms with Crippen molar-refractivity contribution in [3.05, 3.63) is 119 Å². The van der Waals surface area contributed by atoms with Crippen molar-refractivity contribution in [3.8, 4) is 5.75 Å². The molecule has 1 aromatic heterocycles. The number of carbonyl (C=O) groups excluding carboxylic acids is 2. The minimum absolute atomic E-state index is 0.0599. The van der Waals surface area contributed by atoms with E-state index in [1.165, 1.54) is 21.7 Å². The zero-order chi connectivity index (χ0) is 26.5. The molecule has 0 spiro atoms. The molecule has 2 fully saturated rings. The Morgan fingerprint density at radius 3 is 2.31 bits per heavy atom. The van der Waals surface area contributed by atoms with Gasteiger partial charge in [-0.1, -0.05) is 60.7 Å². The van der Waals surface area contributed by atoms with Crippen molar-refractivity contribution in [1.29, 1.82) is 0 Å². The number of hydrogen-bond acceptors (Lipinski definition) is 3. The Labute approximate surface area is 228 Å². The molecule has 1 saturated heterocycles. The van der Waals surface area contributed by atoms with Crippen LogP contribution in [0.5, 0.6) is 5.75 Å². The van der Waals surface area contributed by atoms with Crippen LogP contribution in [-0.4, -0.2) is 23.9 Å². The lowest BCUT2D eigenvalue weighted by Crippen LogP contribution is -2.39. The molecule has 5 heteroatoms. The van der Waals surface area contributed by atoms with Gasteiger partial charge >= 0.3 is 0 Å². The Kier molecular flexibility index (Phi) is 5.88. The number of benzene rings is 3. The third-order valence-electron chi connectivity index (χ3n) is 9.19. The molecule has 196 valence electrons. The number of H-pyrrole nitrogens is 1. The van der Waals surface area contributed by atoms with Gasteiger partial charge in [0, 0.05) is 23.7 Å². The van der Waals surface area contributed by atoms with E-state index in [9.17, 15) is 9.59 Å². The highest BCUT2D eigenvalue weighted by molar-refractivity contribution is 6.24. The lowest BCUT2D eigenvalue weighted by Gasteiger charge is -2.43. The number of hydrogen-bond donors (Lipinski definition) is 1. The van der Waals surface area contributed by atoms with E-state index in [0.29, 0.717) is 17.4 Å². The number of rotatable bonds is 5. The van der Waals surface area contributed by atoms with Gasteiger partial charge in [0.05, 0.1) is 24.6 Å². The molecule has 3 aromatic carbocycles. The van der Waals surface area contributed by atoms with Gasteiger partial charge in [-0.2, -0.15) is 0 Å². The first-order chi connectivity index (χ1) is 19.1. The van der Waals surface area contributed by atoms with Gasteiger partial charge in [0.15, 0.2) is 0 Å². The summed E-state index contributed by atoms with van der Waals surface area (Å²) in [6.07, 6.45) is 3.78. The van der Waals surface area contributed by atoms with Crippen molar-refractivity contribution in [2.45, 2.75) is 43.4 Å². The van der Waals surface area contributed by atoms with Crippen LogP contribution >= 0.6 is 0 Å². The molecule has 0 radical (unpaired) electrons. The summed E-state index contributed by atoms with van der Waals surface area (Å²) in [6, 6.07) is 30.5. The van der Waals surface area contributed by atoms with Gasteiger partial charge in [-0.15, -0.1) is 0 Å². The SMILES string of the molecule is COc1ccc(N2C(=O)[C@H]3[C@H]4CC(c5ccccc5)CC[C@@H]4c4[nH]c(Cc5ccccc5)cc4[C@H]3C2=O)cc1. The highest BCUT2D eigenvalue weighted by Gasteiger charge is 2.58. The zero-order valence-corrected chi connectivity index (χ0v) is 22.0. The largest absolute Gasteiger partial charge is 0.497 e. The summed E-state index contributed by atoms with van der Waals surface area (Å²) in [5, 5.41) is 0. The van der Waals surface area contributed by atoms with Crippen molar-refractivity contribution in [1.82, 2.24) is 4.98 Å². The topological polar surface area (TPSA) is 62.4 Å². The molecular weight excluding hydrogens is 484 g/mol. The van der Waals surface area contributed by atoms with Crippen LogP contribution in [-0.2, 0) is 16.0 Å². The number of ether oxygens (including phenoxy) is 1. The number of carbonyl (C=O) groups is 2. The molecule has 5 atom stereocenters. The minimum Gasteiger partial charge on any atom is -0.497 e. The molecule has 1 N–H and O–H groups in total. The lowest BCUT2D eigenvalue weighted by atomic mass is 9.59. The fourth-order valence-electron chi connectivity index (χ4n) is 7.45. The molecule has 7 rings (SSSR count). The number of aromatic nitrogens is 1. The normalized spacial score (nSPS) is 25.7. The highest BCUT2D eigenvalue weighted by Crippen LogP contribution is 2.58. The number of nitrogens with zero attached hydrogens (tertiary/aromatic N) is 1. The van der Waals surface area contributed by atoms with Gasteiger partial charge < -0.3 is 9.72 Å². The van der Waals surface area contributed by atoms with Crippen LogP contribution in [0.1, 0.15) is 65.1 Å². The summed E-state index contributed by atoms with van der Waals surface area (Å²) in [7, 11) is 1.61. The maximum Gasteiger partial charge on any atom is 0.242 e. The van der Waals surface area contributed by atoms with Crippen molar-refractivity contribution in [3.63, 3.8) is 0 Å². The molecular formula is C34H32N2O3. The van der Waals surface area contributed by atoms with Crippen molar-refractivity contribution in [2.75, 3.05) is 12.0 Å². The van der Waals surface area contributed by atoms with Gasteiger partial charge in [-0.25, -0.2) is 4.90 Å². The van der Waals surface area contributed by atoms with Crippen LogP contribution in [0, 0.1) is 11.8 Å². The number of imide groups is 1. The number of amides is 2. The van der Waals surface area contributed by atoms with E-state index in [1.54, 1.807) is 7.11 Å². The Morgan fingerprint density at radius 2 is 1.59 bits per heavy atom. The van der Waals surface area contributed by atoms with E-state index < -0.39 is 5.92 Å². The maximum atomic E-state index is 14.2. The van der Waals surface area contributed by atoms with Gasteiger partial charge in [0.2, 0.25) is 11.8 Å². The molecule has 4 aromatic rings. The Balaban J connectivity index is 1.30. The first-order valence-corrected chi connectivity index (χ1v) is 13.9. The smallest absolute Gasteiger partial charge is 0.242 e.